The van der Waals surface area contributed by atoms with Crippen LogP contribution in [0.1, 0.15) is 30.7 Å². The zero-order valence-corrected chi connectivity index (χ0v) is 12.9. The third kappa shape index (κ3) is 5.26. The molecule has 5 nitrogen and oxygen atoms in total. The Labute approximate surface area is 119 Å². The first-order valence-corrected chi connectivity index (χ1v) is 7.40. The molecule has 1 atom stereocenters. The van der Waals surface area contributed by atoms with Crippen molar-refractivity contribution in [3.63, 3.8) is 0 Å². The molecule has 0 aliphatic heterocycles. The van der Waals surface area contributed by atoms with Gasteiger partial charge < -0.3 is 15.0 Å². The van der Waals surface area contributed by atoms with Crippen LogP contribution in [0.3, 0.4) is 0 Å². The molecule has 0 saturated heterocycles. The molecule has 0 aromatic carbocycles. The lowest BCUT2D eigenvalue weighted by Gasteiger charge is -2.16. The molecule has 1 aromatic heterocycles. The van der Waals surface area contributed by atoms with E-state index in [9.17, 15) is 4.79 Å². The molecule has 1 heterocycles. The number of likely N-dealkylation sites (N-methyl/N-ethyl adjacent to an activating group) is 2. The van der Waals surface area contributed by atoms with Crippen LogP contribution in [-0.2, 0) is 16.0 Å². The molecule has 0 spiro atoms. The Balaban J connectivity index is 2.51. The van der Waals surface area contributed by atoms with E-state index < -0.39 is 0 Å². The van der Waals surface area contributed by atoms with Gasteiger partial charge in [-0.3, -0.25) is 4.79 Å². The average molecular weight is 285 g/mol. The zero-order chi connectivity index (χ0) is 14.3. The Morgan fingerprint density at radius 3 is 3.00 bits per heavy atom. The predicted octanol–water partition coefficient (Wildman–Crippen LogP) is 1.46. The second-order valence-electron chi connectivity index (χ2n) is 4.37. The normalized spacial score (nSPS) is 12.4. The van der Waals surface area contributed by atoms with E-state index >= 15 is 0 Å². The van der Waals surface area contributed by atoms with Crippen LogP contribution in [0.2, 0.25) is 0 Å². The average Bonchev–Trinajstić information content (AvgIpc) is 2.84. The first-order chi connectivity index (χ1) is 9.08. The third-order valence-corrected chi connectivity index (χ3v) is 3.84. The van der Waals surface area contributed by atoms with Gasteiger partial charge in [-0.25, -0.2) is 4.98 Å². The molecule has 0 fully saturated rings. The number of nitrogens with one attached hydrogen (secondary N) is 1. The maximum absolute atomic E-state index is 12.0. The highest BCUT2D eigenvalue weighted by Crippen LogP contribution is 2.21. The predicted molar refractivity (Wildman–Crippen MR) is 77.4 cm³/mol. The molecule has 0 radical (unpaired) electrons. The van der Waals surface area contributed by atoms with Crippen LogP contribution in [0.15, 0.2) is 5.38 Å². The molecule has 108 valence electrons. The molecule has 1 aromatic rings. The van der Waals surface area contributed by atoms with Crippen LogP contribution in [0, 0.1) is 0 Å². The molecule has 0 aliphatic rings. The van der Waals surface area contributed by atoms with Gasteiger partial charge in [0.2, 0.25) is 5.91 Å². The van der Waals surface area contributed by atoms with Crippen molar-refractivity contribution in [3.05, 3.63) is 16.1 Å². The number of aromatic nitrogens is 1. The molecule has 1 amide bonds. The molecular formula is C13H23N3O2S. The summed E-state index contributed by atoms with van der Waals surface area (Å²) in [6, 6.07) is 0. The Morgan fingerprint density at radius 1 is 1.63 bits per heavy atom. The lowest BCUT2D eigenvalue weighted by molar-refractivity contribution is -0.129. The lowest BCUT2D eigenvalue weighted by Crippen LogP contribution is -2.33. The summed E-state index contributed by atoms with van der Waals surface area (Å²) in [6.45, 7) is 6.12. The summed E-state index contributed by atoms with van der Waals surface area (Å²) in [6.07, 6.45) is 0.358. The van der Waals surface area contributed by atoms with Crippen molar-refractivity contribution in [2.24, 2.45) is 0 Å². The summed E-state index contributed by atoms with van der Waals surface area (Å²) in [4.78, 5) is 18.1. The van der Waals surface area contributed by atoms with E-state index in [1.54, 1.807) is 16.2 Å². The van der Waals surface area contributed by atoms with Gasteiger partial charge in [-0.15, -0.1) is 11.3 Å². The van der Waals surface area contributed by atoms with Gasteiger partial charge in [0, 0.05) is 32.1 Å². The van der Waals surface area contributed by atoms with Crippen molar-refractivity contribution >= 4 is 17.2 Å². The number of hydrogen-bond acceptors (Lipinski definition) is 5. The number of hydrogen-bond donors (Lipinski definition) is 1. The SMILES string of the molecule is CCOC(C)c1nc(CC(=O)N(C)CCNC)cs1. The summed E-state index contributed by atoms with van der Waals surface area (Å²) in [5.41, 5.74) is 0.827. The van der Waals surface area contributed by atoms with Crippen LogP contribution in [0.25, 0.3) is 0 Å². The summed E-state index contributed by atoms with van der Waals surface area (Å²) in [5.74, 6) is 0.0937. The highest BCUT2D eigenvalue weighted by molar-refractivity contribution is 7.09. The number of carbonyl (C=O) groups excluding carboxylic acids is 1. The highest BCUT2D eigenvalue weighted by atomic mass is 32.1. The van der Waals surface area contributed by atoms with E-state index in [0.29, 0.717) is 19.6 Å². The molecule has 0 bridgehead atoms. The van der Waals surface area contributed by atoms with E-state index in [2.05, 4.69) is 10.3 Å². The van der Waals surface area contributed by atoms with Gasteiger partial charge >= 0.3 is 0 Å². The first kappa shape index (κ1) is 16.1. The van der Waals surface area contributed by atoms with Crippen molar-refractivity contribution in [1.29, 1.82) is 0 Å². The maximum atomic E-state index is 12.0. The number of carbonyl (C=O) groups is 1. The first-order valence-electron chi connectivity index (χ1n) is 6.53. The van der Waals surface area contributed by atoms with E-state index in [1.807, 2.05) is 33.3 Å². The minimum atomic E-state index is 0.000808. The molecule has 19 heavy (non-hydrogen) atoms. The molecule has 1 unspecified atom stereocenters. The summed E-state index contributed by atoms with van der Waals surface area (Å²) >= 11 is 1.55. The Kier molecular flexibility index (Phi) is 6.97. The van der Waals surface area contributed by atoms with Crippen molar-refractivity contribution in [2.45, 2.75) is 26.4 Å². The Morgan fingerprint density at radius 2 is 2.37 bits per heavy atom. The number of nitrogens with zero attached hydrogens (tertiary/aromatic N) is 2. The number of amides is 1. The molecule has 1 rings (SSSR count). The zero-order valence-electron chi connectivity index (χ0n) is 12.1. The quantitative estimate of drug-likeness (QED) is 0.786. The van der Waals surface area contributed by atoms with Crippen LogP contribution in [0.5, 0.6) is 0 Å². The van der Waals surface area contributed by atoms with Gasteiger partial charge in [0.15, 0.2) is 0 Å². The molecular weight excluding hydrogens is 262 g/mol. The fourth-order valence-corrected chi connectivity index (χ4v) is 2.43. The minimum Gasteiger partial charge on any atom is -0.372 e. The van der Waals surface area contributed by atoms with Crippen molar-refractivity contribution < 1.29 is 9.53 Å². The standard InChI is InChI=1S/C13H23N3O2S/c1-5-18-10(2)13-15-11(9-19-13)8-12(17)16(4)7-6-14-3/h9-10,14H,5-8H2,1-4H3. The van der Waals surface area contributed by atoms with Crippen LogP contribution in [-0.4, -0.2) is 49.6 Å². The Bertz CT molecular complexity index is 395. The summed E-state index contributed by atoms with van der Waals surface area (Å²) < 4.78 is 5.49. The topological polar surface area (TPSA) is 54.5 Å². The van der Waals surface area contributed by atoms with Crippen LogP contribution < -0.4 is 5.32 Å². The van der Waals surface area contributed by atoms with Crippen molar-refractivity contribution in [2.75, 3.05) is 33.8 Å². The second-order valence-corrected chi connectivity index (χ2v) is 5.26. The van der Waals surface area contributed by atoms with Gasteiger partial charge in [0.05, 0.1) is 12.1 Å². The second kappa shape index (κ2) is 8.24. The third-order valence-electron chi connectivity index (χ3n) is 2.79. The van der Waals surface area contributed by atoms with E-state index in [4.69, 9.17) is 4.74 Å². The number of rotatable bonds is 8. The van der Waals surface area contributed by atoms with Crippen molar-refractivity contribution in [1.82, 2.24) is 15.2 Å². The monoisotopic (exact) mass is 285 g/mol. The van der Waals surface area contributed by atoms with Gasteiger partial charge in [0.1, 0.15) is 11.1 Å². The van der Waals surface area contributed by atoms with Gasteiger partial charge in [-0.1, -0.05) is 0 Å². The Hall–Kier alpha value is -0.980. The van der Waals surface area contributed by atoms with Gasteiger partial charge in [0.25, 0.3) is 0 Å². The minimum absolute atomic E-state index is 0.000808. The molecule has 6 heteroatoms. The summed E-state index contributed by atoms with van der Waals surface area (Å²) in [7, 11) is 3.69. The van der Waals surface area contributed by atoms with Gasteiger partial charge in [-0.2, -0.15) is 0 Å². The fraction of sp³-hybridized carbons (Fsp3) is 0.692. The summed E-state index contributed by atoms with van der Waals surface area (Å²) in [5, 5.41) is 5.90. The van der Waals surface area contributed by atoms with Crippen LogP contribution >= 0.6 is 11.3 Å². The number of thiazole rings is 1. The fourth-order valence-electron chi connectivity index (χ4n) is 1.61. The lowest BCUT2D eigenvalue weighted by atomic mass is 10.3. The maximum Gasteiger partial charge on any atom is 0.228 e. The van der Waals surface area contributed by atoms with Crippen molar-refractivity contribution in [3.8, 4) is 0 Å². The number of ether oxygens (including phenoxy) is 1. The van der Waals surface area contributed by atoms with E-state index in [-0.39, 0.29) is 12.0 Å². The van der Waals surface area contributed by atoms with E-state index in [1.165, 1.54) is 0 Å². The molecule has 1 N–H and O–H groups in total. The smallest absolute Gasteiger partial charge is 0.228 e. The highest BCUT2D eigenvalue weighted by Gasteiger charge is 2.14. The molecule has 0 aliphatic carbocycles. The molecule has 0 saturated carbocycles. The van der Waals surface area contributed by atoms with E-state index in [0.717, 1.165) is 17.2 Å². The largest absolute Gasteiger partial charge is 0.372 e. The van der Waals surface area contributed by atoms with Gasteiger partial charge in [-0.05, 0) is 20.9 Å². The van der Waals surface area contributed by atoms with Crippen LogP contribution in [0.4, 0.5) is 0 Å².